The van der Waals surface area contributed by atoms with Crippen LogP contribution in [0.25, 0.3) is 0 Å². The molecule has 5 rings (SSSR count). The average Bonchev–Trinajstić information content (AvgIpc) is 3.33. The van der Waals surface area contributed by atoms with Gasteiger partial charge in [0.05, 0.1) is 24.0 Å². The van der Waals surface area contributed by atoms with Crippen LogP contribution in [0.15, 0.2) is 64.9 Å². The molecule has 2 fully saturated rings. The Labute approximate surface area is 208 Å². The molecule has 34 heavy (non-hydrogen) atoms. The minimum Gasteiger partial charge on any atom is -0.381 e. The fraction of sp³-hybridized carbons (Fsp3) is 0.360. The number of aromatic nitrogens is 3. The van der Waals surface area contributed by atoms with Crippen molar-refractivity contribution in [3.63, 3.8) is 0 Å². The number of carbonyl (C=O) groups is 1. The van der Waals surface area contributed by atoms with Crippen molar-refractivity contribution in [1.29, 1.82) is 0 Å². The van der Waals surface area contributed by atoms with Crippen molar-refractivity contribution in [3.8, 4) is 0 Å². The number of benzene rings is 1. The summed E-state index contributed by atoms with van der Waals surface area (Å²) in [7, 11) is 0. The number of rotatable bonds is 6. The van der Waals surface area contributed by atoms with Gasteiger partial charge >= 0.3 is 0 Å². The van der Waals surface area contributed by atoms with Crippen LogP contribution < -0.4 is 10.2 Å². The maximum Gasteiger partial charge on any atom is 0.271 e. The van der Waals surface area contributed by atoms with E-state index in [1.807, 2.05) is 36.5 Å². The van der Waals surface area contributed by atoms with Gasteiger partial charge in [0.25, 0.3) is 5.91 Å². The van der Waals surface area contributed by atoms with Crippen LogP contribution in [-0.2, 0) is 11.3 Å². The molecule has 0 bridgehead atoms. The summed E-state index contributed by atoms with van der Waals surface area (Å²) in [5.74, 6) is 0.577. The van der Waals surface area contributed by atoms with Crippen molar-refractivity contribution >= 4 is 35.1 Å². The smallest absolute Gasteiger partial charge is 0.271 e. The van der Waals surface area contributed by atoms with Gasteiger partial charge in [0.1, 0.15) is 16.5 Å². The summed E-state index contributed by atoms with van der Waals surface area (Å²) in [6.07, 6.45) is 8.59. The van der Waals surface area contributed by atoms with Crippen LogP contribution in [0.1, 0.15) is 35.3 Å². The number of hydrogen-bond donors (Lipinski definition) is 1. The second-order valence-corrected chi connectivity index (χ2v) is 10.2. The summed E-state index contributed by atoms with van der Waals surface area (Å²) >= 11 is 7.91. The van der Waals surface area contributed by atoms with Gasteiger partial charge in [-0.3, -0.25) is 4.79 Å². The fourth-order valence-corrected chi connectivity index (χ4v) is 5.48. The molecule has 0 saturated carbocycles. The summed E-state index contributed by atoms with van der Waals surface area (Å²) in [5, 5.41) is 3.89. The van der Waals surface area contributed by atoms with Crippen LogP contribution in [0.5, 0.6) is 0 Å². The lowest BCUT2D eigenvalue weighted by atomic mass is 9.78. The SMILES string of the molecule is O=C(NCc1ccccc1)c1nccc(Sc2cnc(N3CCC4(CCOC4)CC3)cn2)c1Cl. The highest BCUT2D eigenvalue weighted by molar-refractivity contribution is 7.99. The third kappa shape index (κ3) is 5.19. The molecule has 0 atom stereocenters. The van der Waals surface area contributed by atoms with Crippen molar-refractivity contribution in [2.45, 2.75) is 35.7 Å². The lowest BCUT2D eigenvalue weighted by molar-refractivity contribution is 0.0946. The van der Waals surface area contributed by atoms with E-state index < -0.39 is 0 Å². The molecule has 1 spiro atoms. The first-order valence-corrected chi connectivity index (χ1v) is 12.6. The Morgan fingerprint density at radius 3 is 2.62 bits per heavy atom. The van der Waals surface area contributed by atoms with E-state index >= 15 is 0 Å². The summed E-state index contributed by atoms with van der Waals surface area (Å²) < 4.78 is 5.63. The molecule has 176 valence electrons. The number of piperidine rings is 1. The van der Waals surface area contributed by atoms with Crippen LogP contribution in [0.4, 0.5) is 5.82 Å². The van der Waals surface area contributed by atoms with Gasteiger partial charge in [-0.1, -0.05) is 53.7 Å². The predicted octanol–water partition coefficient (Wildman–Crippen LogP) is 4.61. The Morgan fingerprint density at radius 1 is 1.09 bits per heavy atom. The number of hydrogen-bond acceptors (Lipinski definition) is 7. The molecule has 1 aromatic carbocycles. The van der Waals surface area contributed by atoms with Gasteiger partial charge in [0, 0.05) is 37.3 Å². The first kappa shape index (κ1) is 23.1. The molecular weight excluding hydrogens is 470 g/mol. The third-order valence-electron chi connectivity index (χ3n) is 6.53. The summed E-state index contributed by atoms with van der Waals surface area (Å²) in [6, 6.07) is 11.5. The Morgan fingerprint density at radius 2 is 1.91 bits per heavy atom. The average molecular weight is 496 g/mol. The maximum absolute atomic E-state index is 12.6. The van der Waals surface area contributed by atoms with Crippen LogP contribution in [0.2, 0.25) is 5.02 Å². The molecule has 9 heteroatoms. The second-order valence-electron chi connectivity index (χ2n) is 8.74. The van der Waals surface area contributed by atoms with E-state index in [2.05, 4.69) is 25.2 Å². The highest BCUT2D eigenvalue weighted by atomic mass is 35.5. The van der Waals surface area contributed by atoms with E-state index in [0.717, 1.165) is 50.5 Å². The minimum absolute atomic E-state index is 0.199. The van der Waals surface area contributed by atoms with Gasteiger partial charge in [-0.15, -0.1) is 0 Å². The van der Waals surface area contributed by atoms with Gasteiger partial charge in [0.2, 0.25) is 0 Å². The van der Waals surface area contributed by atoms with E-state index in [1.54, 1.807) is 18.5 Å². The number of nitrogens with zero attached hydrogens (tertiary/aromatic N) is 4. The topological polar surface area (TPSA) is 80.2 Å². The highest BCUT2D eigenvalue weighted by Crippen LogP contribution is 2.40. The van der Waals surface area contributed by atoms with Crippen LogP contribution in [0.3, 0.4) is 0 Å². The zero-order valence-corrected chi connectivity index (χ0v) is 20.3. The monoisotopic (exact) mass is 495 g/mol. The molecule has 2 saturated heterocycles. The molecule has 1 N–H and O–H groups in total. The number of nitrogens with one attached hydrogen (secondary N) is 1. The molecule has 0 radical (unpaired) electrons. The lowest BCUT2D eigenvalue weighted by Crippen LogP contribution is -2.40. The van der Waals surface area contributed by atoms with E-state index in [0.29, 0.717) is 26.9 Å². The molecule has 0 unspecified atom stereocenters. The van der Waals surface area contributed by atoms with E-state index in [1.165, 1.54) is 18.2 Å². The van der Waals surface area contributed by atoms with Gasteiger partial charge in [-0.25, -0.2) is 15.0 Å². The van der Waals surface area contributed by atoms with Gasteiger partial charge < -0.3 is 15.0 Å². The van der Waals surface area contributed by atoms with Crippen LogP contribution in [0, 0.1) is 5.41 Å². The summed E-state index contributed by atoms with van der Waals surface area (Å²) in [6.45, 7) is 4.14. The number of amides is 1. The summed E-state index contributed by atoms with van der Waals surface area (Å²) in [4.78, 5) is 29.1. The largest absolute Gasteiger partial charge is 0.381 e. The molecule has 1 amide bonds. The zero-order valence-electron chi connectivity index (χ0n) is 18.7. The van der Waals surface area contributed by atoms with E-state index in [-0.39, 0.29) is 11.6 Å². The molecule has 4 heterocycles. The van der Waals surface area contributed by atoms with Crippen LogP contribution in [-0.4, -0.2) is 47.2 Å². The third-order valence-corrected chi connectivity index (χ3v) is 8.00. The molecular formula is C25H26ClN5O2S. The van der Waals surface area contributed by atoms with Gasteiger partial charge in [-0.2, -0.15) is 0 Å². The summed E-state index contributed by atoms with van der Waals surface area (Å²) in [5.41, 5.74) is 1.57. The number of anilines is 1. The zero-order chi connectivity index (χ0) is 23.4. The van der Waals surface area contributed by atoms with Crippen LogP contribution >= 0.6 is 23.4 Å². The quantitative estimate of drug-likeness (QED) is 0.534. The Balaban J connectivity index is 1.21. The Kier molecular flexibility index (Phi) is 6.99. The lowest BCUT2D eigenvalue weighted by Gasteiger charge is -2.38. The Bertz CT molecular complexity index is 1130. The maximum atomic E-state index is 12.6. The molecule has 2 aliphatic heterocycles. The standard InChI is InChI=1S/C25H26ClN5O2S/c26-22-19(6-10-27-23(22)24(32)30-14-18-4-2-1-3-5-18)34-21-16-28-20(15-29-21)31-11-7-25(8-12-31)9-13-33-17-25/h1-6,10,15-16H,7-9,11-14,17H2,(H,30,32). The van der Waals surface area contributed by atoms with Gasteiger partial charge in [-0.05, 0) is 36.3 Å². The van der Waals surface area contributed by atoms with Crippen molar-refractivity contribution in [2.75, 3.05) is 31.2 Å². The van der Waals surface area contributed by atoms with Crippen molar-refractivity contribution in [1.82, 2.24) is 20.3 Å². The number of pyridine rings is 1. The highest BCUT2D eigenvalue weighted by Gasteiger charge is 2.38. The molecule has 0 aliphatic carbocycles. The first-order valence-electron chi connectivity index (χ1n) is 11.4. The van der Waals surface area contributed by atoms with Crippen molar-refractivity contribution in [2.24, 2.45) is 5.41 Å². The first-order chi connectivity index (χ1) is 16.6. The predicted molar refractivity (Wildman–Crippen MR) is 132 cm³/mol. The molecule has 2 aliphatic rings. The van der Waals surface area contributed by atoms with E-state index in [4.69, 9.17) is 16.3 Å². The molecule has 7 nitrogen and oxygen atoms in total. The van der Waals surface area contributed by atoms with Gasteiger partial charge in [0.15, 0.2) is 0 Å². The normalized spacial score (nSPS) is 17.1. The molecule has 2 aromatic heterocycles. The van der Waals surface area contributed by atoms with Crippen molar-refractivity contribution < 1.29 is 9.53 Å². The fourth-order valence-electron chi connectivity index (χ4n) is 4.42. The number of carbonyl (C=O) groups excluding carboxylic acids is 1. The number of halogens is 1. The second kappa shape index (κ2) is 10.3. The van der Waals surface area contributed by atoms with Crippen molar-refractivity contribution in [3.05, 3.63) is 71.3 Å². The Hall–Kier alpha value is -2.68. The van der Waals surface area contributed by atoms with E-state index in [9.17, 15) is 4.79 Å². The number of ether oxygens (including phenoxy) is 1. The molecule has 3 aromatic rings. The minimum atomic E-state index is -0.312.